The zero-order valence-corrected chi connectivity index (χ0v) is 19.0. The van der Waals surface area contributed by atoms with Crippen LogP contribution in [0.25, 0.3) is 22.6 Å². The molecule has 0 bridgehead atoms. The van der Waals surface area contributed by atoms with Gasteiger partial charge in [0.2, 0.25) is 5.89 Å². The molecule has 3 aromatic carbocycles. The maximum Gasteiger partial charge on any atom is 0.333 e. The van der Waals surface area contributed by atoms with E-state index in [9.17, 15) is 9.90 Å². The van der Waals surface area contributed by atoms with E-state index in [1.807, 2.05) is 72.8 Å². The van der Waals surface area contributed by atoms with Crippen LogP contribution in [0.4, 0.5) is 0 Å². The first kappa shape index (κ1) is 23.3. The molecule has 0 aliphatic rings. The first-order valence-electron chi connectivity index (χ1n) is 11.3. The molecule has 0 fully saturated rings. The minimum atomic E-state index is -0.958. The normalized spacial score (nSPS) is 11.9. The summed E-state index contributed by atoms with van der Waals surface area (Å²) in [5.74, 6) is 1.00. The van der Waals surface area contributed by atoms with Crippen LogP contribution in [-0.4, -0.2) is 42.0 Å². The molecule has 0 unspecified atom stereocenters. The number of ether oxygens (including phenoxy) is 3. The first-order chi connectivity index (χ1) is 16.6. The Balaban J connectivity index is 1.26. The van der Waals surface area contributed by atoms with Gasteiger partial charge in [-0.2, -0.15) is 0 Å². The summed E-state index contributed by atoms with van der Waals surface area (Å²) in [5.41, 5.74) is 3.24. The number of para-hydroxylation sites is 3. The van der Waals surface area contributed by atoms with Gasteiger partial charge in [0, 0.05) is 19.4 Å². The van der Waals surface area contributed by atoms with Gasteiger partial charge < -0.3 is 23.7 Å². The third-order valence-corrected chi connectivity index (χ3v) is 5.21. The maximum absolute atomic E-state index is 11.2. The lowest BCUT2D eigenvalue weighted by Gasteiger charge is -2.13. The van der Waals surface area contributed by atoms with Crippen LogP contribution in [0.15, 0.2) is 77.2 Å². The number of nitrogens with zero attached hydrogens (tertiary/aromatic N) is 1. The van der Waals surface area contributed by atoms with Crippen LogP contribution in [-0.2, 0) is 16.0 Å². The molecule has 7 nitrogen and oxygen atoms in total. The van der Waals surface area contributed by atoms with Crippen molar-refractivity contribution in [3.8, 4) is 23.0 Å². The molecule has 1 aromatic heterocycles. The molecular formula is C27H27NO6. The summed E-state index contributed by atoms with van der Waals surface area (Å²) in [6, 6.07) is 22.7. The van der Waals surface area contributed by atoms with Gasteiger partial charge >= 0.3 is 5.97 Å². The quantitative estimate of drug-likeness (QED) is 0.283. The molecule has 7 heteroatoms. The Labute approximate surface area is 197 Å². The Hall–Kier alpha value is -3.84. The van der Waals surface area contributed by atoms with Crippen LogP contribution >= 0.6 is 0 Å². The van der Waals surface area contributed by atoms with E-state index >= 15 is 0 Å². The van der Waals surface area contributed by atoms with Gasteiger partial charge in [-0.05, 0) is 48.9 Å². The molecule has 4 rings (SSSR count). The standard InChI is InChI=1S/C27H27NO6/c1-2-31-25(27(29)30)18-19-12-14-20(15-13-19)32-16-7-17-33-23-10-5-3-8-21(23)26-28-22-9-4-6-11-24(22)34-26/h3-6,8-15,25H,2,7,16-18H2,1H3,(H,29,30)/t25-/m0/s1. The van der Waals surface area contributed by atoms with Crippen molar-refractivity contribution in [3.05, 3.63) is 78.4 Å². The Morgan fingerprint density at radius 3 is 2.47 bits per heavy atom. The fourth-order valence-corrected chi connectivity index (χ4v) is 3.54. The Bertz CT molecular complexity index is 1180. The molecule has 0 amide bonds. The molecule has 0 radical (unpaired) electrons. The summed E-state index contributed by atoms with van der Waals surface area (Å²) >= 11 is 0. The summed E-state index contributed by atoms with van der Waals surface area (Å²) in [7, 11) is 0. The highest BCUT2D eigenvalue weighted by molar-refractivity contribution is 5.77. The Morgan fingerprint density at radius 2 is 1.71 bits per heavy atom. The van der Waals surface area contributed by atoms with Gasteiger partial charge in [-0.25, -0.2) is 9.78 Å². The van der Waals surface area contributed by atoms with Crippen LogP contribution in [0.5, 0.6) is 11.5 Å². The second kappa shape index (κ2) is 11.3. The van der Waals surface area contributed by atoms with Crippen LogP contribution in [0, 0.1) is 0 Å². The van der Waals surface area contributed by atoms with Gasteiger partial charge in [0.05, 0.1) is 18.8 Å². The fraction of sp³-hybridized carbons (Fsp3) is 0.259. The smallest absolute Gasteiger partial charge is 0.333 e. The van der Waals surface area contributed by atoms with Crippen molar-refractivity contribution in [2.75, 3.05) is 19.8 Å². The third-order valence-electron chi connectivity index (χ3n) is 5.21. The monoisotopic (exact) mass is 461 g/mol. The van der Waals surface area contributed by atoms with Crippen molar-refractivity contribution in [3.63, 3.8) is 0 Å². The van der Waals surface area contributed by atoms with Crippen molar-refractivity contribution in [1.82, 2.24) is 4.98 Å². The van der Waals surface area contributed by atoms with Crippen molar-refractivity contribution < 1.29 is 28.5 Å². The SMILES string of the molecule is CCO[C@@H](Cc1ccc(OCCCOc2ccccc2-c2nc3ccccc3o2)cc1)C(=O)O. The van der Waals surface area contributed by atoms with Gasteiger partial charge in [-0.1, -0.05) is 36.4 Å². The topological polar surface area (TPSA) is 91.0 Å². The predicted octanol–water partition coefficient (Wildman–Crippen LogP) is 5.37. The molecule has 0 aliphatic heterocycles. The van der Waals surface area contributed by atoms with E-state index in [0.29, 0.717) is 44.3 Å². The molecule has 34 heavy (non-hydrogen) atoms. The van der Waals surface area contributed by atoms with Gasteiger partial charge in [0.25, 0.3) is 0 Å². The maximum atomic E-state index is 11.2. The molecule has 1 atom stereocenters. The van der Waals surface area contributed by atoms with Crippen LogP contribution in [0.1, 0.15) is 18.9 Å². The van der Waals surface area contributed by atoms with Crippen LogP contribution < -0.4 is 9.47 Å². The highest BCUT2D eigenvalue weighted by Crippen LogP contribution is 2.31. The fourth-order valence-electron chi connectivity index (χ4n) is 3.54. The minimum absolute atomic E-state index is 0.316. The number of carbonyl (C=O) groups is 1. The molecular weight excluding hydrogens is 434 g/mol. The Kier molecular flexibility index (Phi) is 7.78. The minimum Gasteiger partial charge on any atom is -0.493 e. The number of fused-ring (bicyclic) bond motifs is 1. The van der Waals surface area contributed by atoms with Gasteiger partial charge in [0.15, 0.2) is 11.7 Å². The number of rotatable bonds is 12. The number of aromatic nitrogens is 1. The summed E-state index contributed by atoms with van der Waals surface area (Å²) in [4.78, 5) is 15.8. The van der Waals surface area contributed by atoms with E-state index in [0.717, 1.165) is 28.0 Å². The number of aliphatic carboxylic acids is 1. The molecule has 176 valence electrons. The van der Waals surface area contributed by atoms with Gasteiger partial charge in [0.1, 0.15) is 17.0 Å². The van der Waals surface area contributed by atoms with Crippen molar-refractivity contribution in [2.45, 2.75) is 25.9 Å². The lowest BCUT2D eigenvalue weighted by Crippen LogP contribution is -2.26. The number of carboxylic acids is 1. The van der Waals surface area contributed by atoms with E-state index < -0.39 is 12.1 Å². The number of oxazole rings is 1. The molecule has 4 aromatic rings. The highest BCUT2D eigenvalue weighted by atomic mass is 16.5. The van der Waals surface area contributed by atoms with Gasteiger partial charge in [-0.15, -0.1) is 0 Å². The van der Waals surface area contributed by atoms with Crippen molar-refractivity contribution in [1.29, 1.82) is 0 Å². The number of carboxylic acid groups (broad SMARTS) is 1. The highest BCUT2D eigenvalue weighted by Gasteiger charge is 2.18. The molecule has 1 N–H and O–H groups in total. The second-order valence-corrected chi connectivity index (χ2v) is 7.66. The number of hydrogen-bond acceptors (Lipinski definition) is 6. The number of hydrogen-bond donors (Lipinski definition) is 1. The average molecular weight is 462 g/mol. The van der Waals surface area contributed by atoms with Crippen molar-refractivity contribution in [2.24, 2.45) is 0 Å². The third kappa shape index (κ3) is 5.94. The van der Waals surface area contributed by atoms with Gasteiger partial charge in [-0.3, -0.25) is 0 Å². The lowest BCUT2D eigenvalue weighted by atomic mass is 10.1. The zero-order chi connectivity index (χ0) is 23.8. The Morgan fingerprint density at radius 1 is 0.971 bits per heavy atom. The van der Waals surface area contributed by atoms with E-state index in [1.165, 1.54) is 0 Å². The van der Waals surface area contributed by atoms with E-state index in [2.05, 4.69) is 4.98 Å². The largest absolute Gasteiger partial charge is 0.493 e. The molecule has 0 saturated heterocycles. The molecule has 1 heterocycles. The average Bonchev–Trinajstić information content (AvgIpc) is 3.29. The van der Waals surface area contributed by atoms with E-state index in [1.54, 1.807) is 6.92 Å². The van der Waals surface area contributed by atoms with Crippen molar-refractivity contribution >= 4 is 17.1 Å². The molecule has 0 saturated carbocycles. The predicted molar refractivity (Wildman–Crippen MR) is 128 cm³/mol. The lowest BCUT2D eigenvalue weighted by molar-refractivity contribution is -0.149. The summed E-state index contributed by atoms with van der Waals surface area (Å²) < 4.78 is 22.9. The van der Waals surface area contributed by atoms with Crippen LogP contribution in [0.3, 0.4) is 0 Å². The molecule has 0 spiro atoms. The molecule has 0 aliphatic carbocycles. The summed E-state index contributed by atoms with van der Waals surface area (Å²) in [6.07, 6.45) is 0.165. The van der Waals surface area contributed by atoms with Crippen LogP contribution in [0.2, 0.25) is 0 Å². The van der Waals surface area contributed by atoms with E-state index in [-0.39, 0.29) is 0 Å². The zero-order valence-electron chi connectivity index (χ0n) is 19.0. The first-order valence-corrected chi connectivity index (χ1v) is 11.3. The number of benzene rings is 3. The second-order valence-electron chi connectivity index (χ2n) is 7.66. The van der Waals surface area contributed by atoms with E-state index in [4.69, 9.17) is 18.6 Å². The summed E-state index contributed by atoms with van der Waals surface area (Å²) in [5, 5.41) is 9.21. The summed E-state index contributed by atoms with van der Waals surface area (Å²) in [6.45, 7) is 3.11.